The molecule has 0 aromatic carbocycles. The number of pyridine rings is 1. The summed E-state index contributed by atoms with van der Waals surface area (Å²) < 4.78 is 5.37. The third kappa shape index (κ3) is 3.55. The summed E-state index contributed by atoms with van der Waals surface area (Å²) in [5, 5.41) is 0. The summed E-state index contributed by atoms with van der Waals surface area (Å²) in [5.74, 6) is -0.222. The first kappa shape index (κ1) is 20.1. The van der Waals surface area contributed by atoms with Gasteiger partial charge in [-0.3, -0.25) is 28.3 Å². The molecule has 0 spiro atoms. The number of aryl methyl sites for hydroxylation is 2. The lowest BCUT2D eigenvalue weighted by Crippen LogP contribution is -2.38. The van der Waals surface area contributed by atoms with E-state index < -0.39 is 11.2 Å². The van der Waals surface area contributed by atoms with Crippen LogP contribution in [0.1, 0.15) is 42.5 Å². The van der Waals surface area contributed by atoms with Gasteiger partial charge in [0.1, 0.15) is 12.0 Å². The van der Waals surface area contributed by atoms with Crippen LogP contribution in [0, 0.1) is 6.92 Å². The Morgan fingerprint density at radius 1 is 1.17 bits per heavy atom. The van der Waals surface area contributed by atoms with E-state index in [1.54, 1.807) is 17.8 Å². The maximum Gasteiger partial charge on any atom is 0.332 e. The maximum absolute atomic E-state index is 13.2. The number of nitrogens with zero attached hydrogens (tertiary/aromatic N) is 6. The van der Waals surface area contributed by atoms with Crippen molar-refractivity contribution in [3.8, 4) is 0 Å². The van der Waals surface area contributed by atoms with Crippen LogP contribution in [0.2, 0.25) is 0 Å². The average Bonchev–Trinajstić information content (AvgIpc) is 3.15. The fourth-order valence-corrected chi connectivity index (χ4v) is 4.04. The first-order valence-electron chi connectivity index (χ1n) is 10.2. The minimum Gasteiger partial charge on any atom is -0.315 e. The smallest absolute Gasteiger partial charge is 0.315 e. The quantitative estimate of drug-likeness (QED) is 0.646. The highest BCUT2D eigenvalue weighted by molar-refractivity contribution is 5.80. The van der Waals surface area contributed by atoms with Crippen molar-refractivity contribution in [1.29, 1.82) is 0 Å². The third-order valence-corrected chi connectivity index (χ3v) is 5.77. The van der Waals surface area contributed by atoms with Gasteiger partial charge in [0.15, 0.2) is 11.2 Å². The van der Waals surface area contributed by atoms with Crippen molar-refractivity contribution in [2.45, 2.75) is 51.6 Å². The lowest BCUT2D eigenvalue weighted by molar-refractivity contribution is 0.0886. The van der Waals surface area contributed by atoms with Gasteiger partial charge in [0.05, 0.1) is 12.4 Å². The zero-order valence-corrected chi connectivity index (χ0v) is 17.5. The molecule has 158 valence electrons. The normalized spacial score (nSPS) is 15.8. The van der Waals surface area contributed by atoms with Gasteiger partial charge in [-0.05, 0) is 37.5 Å². The fourth-order valence-electron chi connectivity index (χ4n) is 4.04. The van der Waals surface area contributed by atoms with Crippen molar-refractivity contribution in [1.82, 2.24) is 23.3 Å². The molecule has 4 rings (SSSR count). The van der Waals surface area contributed by atoms with Gasteiger partial charge in [0, 0.05) is 20.3 Å². The molecule has 1 fully saturated rings. The lowest BCUT2D eigenvalue weighted by atomic mass is 9.96. The molecule has 9 heteroatoms. The molecule has 0 bridgehead atoms. The van der Waals surface area contributed by atoms with Crippen LogP contribution in [0.25, 0.3) is 11.2 Å². The molecular formula is C21H26N6O3. The van der Waals surface area contributed by atoms with Crippen LogP contribution in [0.4, 0.5) is 0 Å². The molecule has 0 aliphatic heterocycles. The van der Waals surface area contributed by atoms with Crippen molar-refractivity contribution in [3.63, 3.8) is 0 Å². The fraction of sp³-hybridized carbons (Fsp3) is 0.476. The van der Waals surface area contributed by atoms with Crippen LogP contribution in [-0.2, 0) is 20.6 Å². The molecule has 0 N–H and O–H groups in total. The molecule has 3 aromatic rings. The van der Waals surface area contributed by atoms with Crippen LogP contribution in [-0.4, -0.2) is 35.2 Å². The summed E-state index contributed by atoms with van der Waals surface area (Å²) in [6, 6.07) is 4.02. The standard InChI is InChI=1S/C21H26N6O3/c1-14-9-10-27(16(11-14)23-15-7-5-4-6-8-15)17(28)12-26-13-22-19-18(26)20(29)25(3)21(30)24(19)2/h9-11,13,15H,4-8,12H2,1-3H3. The molecule has 1 aliphatic rings. The van der Waals surface area contributed by atoms with E-state index in [9.17, 15) is 14.4 Å². The van der Waals surface area contributed by atoms with Gasteiger partial charge in [-0.15, -0.1) is 0 Å². The highest BCUT2D eigenvalue weighted by Crippen LogP contribution is 2.19. The second-order valence-corrected chi connectivity index (χ2v) is 8.00. The zero-order valence-electron chi connectivity index (χ0n) is 17.5. The topological polar surface area (TPSA) is 96.2 Å². The molecule has 0 unspecified atom stereocenters. The third-order valence-electron chi connectivity index (χ3n) is 5.77. The summed E-state index contributed by atoms with van der Waals surface area (Å²) in [5.41, 5.74) is 1.23. The number of carbonyl (C=O) groups excluding carboxylic acids is 1. The van der Waals surface area contributed by atoms with Gasteiger partial charge in [-0.2, -0.15) is 0 Å². The monoisotopic (exact) mass is 410 g/mol. The summed E-state index contributed by atoms with van der Waals surface area (Å²) in [7, 11) is 2.97. The van der Waals surface area contributed by atoms with E-state index in [1.807, 2.05) is 19.1 Å². The molecule has 0 saturated heterocycles. The summed E-state index contributed by atoms with van der Waals surface area (Å²) in [4.78, 5) is 46.9. The zero-order chi connectivity index (χ0) is 21.4. The molecule has 0 amide bonds. The van der Waals surface area contributed by atoms with Crippen LogP contribution < -0.4 is 16.7 Å². The second kappa shape index (κ2) is 7.89. The largest absolute Gasteiger partial charge is 0.332 e. The summed E-state index contributed by atoms with van der Waals surface area (Å²) in [6.45, 7) is 1.90. The Hall–Kier alpha value is -3.23. The molecule has 30 heavy (non-hydrogen) atoms. The first-order valence-corrected chi connectivity index (χ1v) is 10.2. The van der Waals surface area contributed by atoms with Crippen LogP contribution in [0.15, 0.2) is 39.2 Å². The average molecular weight is 410 g/mol. The van der Waals surface area contributed by atoms with E-state index in [0.717, 1.165) is 35.8 Å². The molecule has 0 atom stereocenters. The van der Waals surface area contributed by atoms with Gasteiger partial charge >= 0.3 is 5.69 Å². The van der Waals surface area contributed by atoms with Crippen LogP contribution >= 0.6 is 0 Å². The summed E-state index contributed by atoms with van der Waals surface area (Å²) >= 11 is 0. The van der Waals surface area contributed by atoms with Gasteiger partial charge in [0.2, 0.25) is 0 Å². The van der Waals surface area contributed by atoms with E-state index in [2.05, 4.69) is 4.98 Å². The Morgan fingerprint density at radius 2 is 1.90 bits per heavy atom. The second-order valence-electron chi connectivity index (χ2n) is 8.00. The van der Waals surface area contributed by atoms with Crippen molar-refractivity contribution in [2.24, 2.45) is 19.1 Å². The predicted molar refractivity (Wildman–Crippen MR) is 112 cm³/mol. The molecule has 1 aliphatic carbocycles. The Kier molecular flexibility index (Phi) is 5.27. The lowest BCUT2D eigenvalue weighted by Gasteiger charge is -2.18. The number of carbonyl (C=O) groups is 1. The SMILES string of the molecule is Cc1ccn(C(=O)Cn2cnc3c2c(=O)n(C)c(=O)n3C)c(=NC2CCCCC2)c1. The molecule has 0 radical (unpaired) electrons. The number of fused-ring (bicyclic) bond motifs is 1. The molecule has 1 saturated carbocycles. The molecular weight excluding hydrogens is 384 g/mol. The molecule has 9 nitrogen and oxygen atoms in total. The Bertz CT molecular complexity index is 1300. The number of hydrogen-bond donors (Lipinski definition) is 0. The Labute approximate surface area is 172 Å². The summed E-state index contributed by atoms with van der Waals surface area (Å²) in [6.07, 6.45) is 8.80. The minimum atomic E-state index is -0.473. The van der Waals surface area contributed by atoms with E-state index >= 15 is 0 Å². The van der Waals surface area contributed by atoms with Crippen molar-refractivity contribution in [3.05, 3.63) is 56.5 Å². The maximum atomic E-state index is 13.2. The van der Waals surface area contributed by atoms with E-state index in [0.29, 0.717) is 5.49 Å². The van der Waals surface area contributed by atoms with E-state index in [1.165, 1.54) is 28.9 Å². The van der Waals surface area contributed by atoms with Gasteiger partial charge < -0.3 is 4.57 Å². The highest BCUT2D eigenvalue weighted by Gasteiger charge is 2.17. The number of imidazole rings is 1. The van der Waals surface area contributed by atoms with Gasteiger partial charge in [0.25, 0.3) is 11.5 Å². The number of hydrogen-bond acceptors (Lipinski definition) is 5. The highest BCUT2D eigenvalue weighted by atomic mass is 16.2. The van der Waals surface area contributed by atoms with E-state index in [-0.39, 0.29) is 29.7 Å². The minimum absolute atomic E-state index is 0.0785. The van der Waals surface area contributed by atoms with Crippen molar-refractivity contribution >= 4 is 17.1 Å². The van der Waals surface area contributed by atoms with E-state index in [4.69, 9.17) is 4.99 Å². The van der Waals surface area contributed by atoms with Crippen LogP contribution in [0.3, 0.4) is 0 Å². The van der Waals surface area contributed by atoms with Gasteiger partial charge in [-0.25, -0.2) is 9.78 Å². The molecule has 3 aromatic heterocycles. The van der Waals surface area contributed by atoms with Crippen molar-refractivity contribution in [2.75, 3.05) is 0 Å². The predicted octanol–water partition coefficient (Wildman–Crippen LogP) is 1.12. The number of aromatic nitrogens is 5. The Morgan fingerprint density at radius 3 is 2.63 bits per heavy atom. The van der Waals surface area contributed by atoms with Gasteiger partial charge in [-0.1, -0.05) is 19.3 Å². The van der Waals surface area contributed by atoms with Crippen molar-refractivity contribution < 1.29 is 4.79 Å². The number of rotatable bonds is 3. The Balaban J connectivity index is 1.75. The first-order chi connectivity index (χ1) is 14.4. The van der Waals surface area contributed by atoms with Crippen LogP contribution in [0.5, 0.6) is 0 Å². The molecule has 3 heterocycles.